The molecule has 0 radical (unpaired) electrons. The number of carbonyl (C=O) groups excluding carboxylic acids is 1. The lowest BCUT2D eigenvalue weighted by Crippen LogP contribution is -2.35. The Morgan fingerprint density at radius 1 is 1.75 bits per heavy atom. The highest BCUT2D eigenvalue weighted by molar-refractivity contribution is 6.31. The van der Waals surface area contributed by atoms with Crippen LogP contribution in [0.25, 0.3) is 0 Å². The number of halogens is 1. The van der Waals surface area contributed by atoms with Gasteiger partial charge < -0.3 is 10.1 Å². The van der Waals surface area contributed by atoms with E-state index in [1.165, 1.54) is 7.11 Å². The van der Waals surface area contributed by atoms with E-state index in [4.69, 9.17) is 11.6 Å². The monoisotopic (exact) mass is 245 g/mol. The molecular formula is C10H16ClN3O2. The summed E-state index contributed by atoms with van der Waals surface area (Å²) in [5, 5.41) is 7.74. The zero-order valence-electron chi connectivity index (χ0n) is 9.66. The van der Waals surface area contributed by atoms with Gasteiger partial charge in [-0.1, -0.05) is 11.6 Å². The first-order valence-corrected chi connectivity index (χ1v) is 5.41. The fraction of sp³-hybridized carbons (Fsp3) is 0.600. The first-order chi connectivity index (χ1) is 7.58. The largest absolute Gasteiger partial charge is 0.468 e. The Morgan fingerprint density at radius 3 is 2.88 bits per heavy atom. The van der Waals surface area contributed by atoms with Crippen molar-refractivity contribution in [3.05, 3.63) is 16.9 Å². The number of rotatable bonds is 5. The molecule has 0 amide bonds. The number of hydrogen-bond acceptors (Lipinski definition) is 4. The number of esters is 1. The van der Waals surface area contributed by atoms with Gasteiger partial charge in [0.1, 0.15) is 6.04 Å². The molecule has 16 heavy (non-hydrogen) atoms. The zero-order valence-corrected chi connectivity index (χ0v) is 10.4. The number of nitrogens with zero attached hydrogens (tertiary/aromatic N) is 2. The van der Waals surface area contributed by atoms with Crippen molar-refractivity contribution < 1.29 is 9.53 Å². The van der Waals surface area contributed by atoms with Crippen LogP contribution in [0.4, 0.5) is 0 Å². The van der Waals surface area contributed by atoms with Crippen LogP contribution < -0.4 is 5.32 Å². The van der Waals surface area contributed by atoms with Crippen LogP contribution in [0.15, 0.2) is 6.20 Å². The second-order valence-electron chi connectivity index (χ2n) is 3.48. The van der Waals surface area contributed by atoms with E-state index in [9.17, 15) is 4.79 Å². The van der Waals surface area contributed by atoms with Gasteiger partial charge in [-0.15, -0.1) is 0 Å². The van der Waals surface area contributed by atoms with Crippen LogP contribution in [0.3, 0.4) is 0 Å². The molecule has 0 fully saturated rings. The Morgan fingerprint density at radius 2 is 2.44 bits per heavy atom. The molecule has 1 N–H and O–H groups in total. The summed E-state index contributed by atoms with van der Waals surface area (Å²) < 4.78 is 6.39. The molecule has 1 rings (SSSR count). The van der Waals surface area contributed by atoms with E-state index in [1.54, 1.807) is 17.9 Å². The smallest absolute Gasteiger partial charge is 0.322 e. The fourth-order valence-electron chi connectivity index (χ4n) is 1.39. The average molecular weight is 246 g/mol. The first kappa shape index (κ1) is 13.0. The number of hydrogen-bond donors (Lipinski definition) is 1. The Labute approximate surface area is 99.7 Å². The molecule has 6 heteroatoms. The van der Waals surface area contributed by atoms with E-state index in [0.717, 1.165) is 5.69 Å². The van der Waals surface area contributed by atoms with Gasteiger partial charge in [-0.05, 0) is 20.4 Å². The number of methoxy groups -OCH3 is 1. The van der Waals surface area contributed by atoms with Crippen LogP contribution in [0.1, 0.15) is 12.1 Å². The van der Waals surface area contributed by atoms with Crippen molar-refractivity contribution in [3.8, 4) is 0 Å². The molecule has 0 saturated carbocycles. The molecule has 90 valence electrons. The Balaban J connectivity index is 2.52. The van der Waals surface area contributed by atoms with Crippen molar-refractivity contribution in [2.24, 2.45) is 0 Å². The maximum atomic E-state index is 11.3. The summed E-state index contributed by atoms with van der Waals surface area (Å²) in [7, 11) is 3.10. The normalized spacial score (nSPS) is 12.5. The number of aromatic nitrogens is 2. The second-order valence-corrected chi connectivity index (χ2v) is 3.89. The van der Waals surface area contributed by atoms with Gasteiger partial charge in [0, 0.05) is 12.7 Å². The quantitative estimate of drug-likeness (QED) is 0.787. The molecule has 0 saturated heterocycles. The van der Waals surface area contributed by atoms with Gasteiger partial charge in [-0.3, -0.25) is 9.48 Å². The van der Waals surface area contributed by atoms with Crippen LogP contribution in [0, 0.1) is 6.92 Å². The molecule has 1 aromatic heterocycles. The first-order valence-electron chi connectivity index (χ1n) is 5.03. The number of carbonyl (C=O) groups is 1. The van der Waals surface area contributed by atoms with Crippen LogP contribution >= 0.6 is 11.6 Å². The van der Waals surface area contributed by atoms with Gasteiger partial charge in [-0.25, -0.2) is 0 Å². The third kappa shape index (κ3) is 3.21. The van der Waals surface area contributed by atoms with Crippen molar-refractivity contribution in [1.82, 2.24) is 15.1 Å². The molecular weight excluding hydrogens is 230 g/mol. The SMILES string of the molecule is CNC(CCn1cc(Cl)c(C)n1)C(=O)OC. The maximum Gasteiger partial charge on any atom is 0.322 e. The fourth-order valence-corrected chi connectivity index (χ4v) is 1.54. The van der Waals surface area contributed by atoms with Crippen LogP contribution in [-0.2, 0) is 16.1 Å². The predicted molar refractivity (Wildman–Crippen MR) is 61.5 cm³/mol. The van der Waals surface area contributed by atoms with Crippen LogP contribution in [0.2, 0.25) is 5.02 Å². The van der Waals surface area contributed by atoms with Crippen molar-refractivity contribution in [1.29, 1.82) is 0 Å². The van der Waals surface area contributed by atoms with Gasteiger partial charge in [-0.2, -0.15) is 5.10 Å². The van der Waals surface area contributed by atoms with E-state index in [-0.39, 0.29) is 12.0 Å². The van der Waals surface area contributed by atoms with Crippen LogP contribution in [0.5, 0.6) is 0 Å². The average Bonchev–Trinajstić information content (AvgIpc) is 2.59. The molecule has 1 aromatic rings. The van der Waals surface area contributed by atoms with E-state index in [1.807, 2.05) is 6.92 Å². The van der Waals surface area contributed by atoms with Crippen molar-refractivity contribution in [2.75, 3.05) is 14.2 Å². The van der Waals surface area contributed by atoms with Gasteiger partial charge in [0.25, 0.3) is 0 Å². The number of aryl methyl sites for hydroxylation is 2. The summed E-state index contributed by atoms with van der Waals surface area (Å²) >= 11 is 5.88. The summed E-state index contributed by atoms with van der Waals surface area (Å²) in [6.45, 7) is 2.46. The van der Waals surface area contributed by atoms with E-state index < -0.39 is 0 Å². The third-order valence-corrected chi connectivity index (χ3v) is 2.74. The molecule has 0 bridgehead atoms. The second kappa shape index (κ2) is 5.86. The minimum atomic E-state index is -0.312. The molecule has 1 heterocycles. The number of ether oxygens (including phenoxy) is 1. The minimum absolute atomic E-state index is 0.266. The lowest BCUT2D eigenvalue weighted by atomic mass is 10.2. The Kier molecular flexibility index (Phi) is 4.76. The van der Waals surface area contributed by atoms with Gasteiger partial charge in [0.05, 0.1) is 17.8 Å². The zero-order chi connectivity index (χ0) is 12.1. The van der Waals surface area contributed by atoms with Gasteiger partial charge >= 0.3 is 5.97 Å². The molecule has 5 nitrogen and oxygen atoms in total. The summed E-state index contributed by atoms with van der Waals surface area (Å²) in [6.07, 6.45) is 2.36. The molecule has 0 aliphatic heterocycles. The summed E-state index contributed by atoms with van der Waals surface area (Å²) in [5.41, 5.74) is 0.792. The molecule has 0 aromatic carbocycles. The van der Waals surface area contributed by atoms with Gasteiger partial charge in [0.2, 0.25) is 0 Å². The highest BCUT2D eigenvalue weighted by atomic mass is 35.5. The van der Waals surface area contributed by atoms with Crippen molar-refractivity contribution in [3.63, 3.8) is 0 Å². The molecule has 0 aliphatic carbocycles. The maximum absolute atomic E-state index is 11.3. The van der Waals surface area contributed by atoms with E-state index in [2.05, 4.69) is 15.2 Å². The van der Waals surface area contributed by atoms with E-state index in [0.29, 0.717) is 18.0 Å². The lowest BCUT2D eigenvalue weighted by Gasteiger charge is -2.13. The molecule has 0 aliphatic rings. The molecule has 0 spiro atoms. The Hall–Kier alpha value is -1.07. The summed E-state index contributed by atoms with van der Waals surface area (Å²) in [6, 6.07) is -0.312. The molecule has 1 atom stereocenters. The summed E-state index contributed by atoms with van der Waals surface area (Å²) in [4.78, 5) is 11.3. The highest BCUT2D eigenvalue weighted by Crippen LogP contribution is 2.12. The van der Waals surface area contributed by atoms with Crippen LogP contribution in [-0.4, -0.2) is 35.9 Å². The molecule has 1 unspecified atom stereocenters. The minimum Gasteiger partial charge on any atom is -0.468 e. The predicted octanol–water partition coefficient (Wildman–Crippen LogP) is 0.996. The number of likely N-dealkylation sites (N-methyl/N-ethyl adjacent to an activating group) is 1. The van der Waals surface area contributed by atoms with Crippen molar-refractivity contribution >= 4 is 17.6 Å². The third-order valence-electron chi connectivity index (χ3n) is 2.37. The van der Waals surface area contributed by atoms with Crippen molar-refractivity contribution in [2.45, 2.75) is 25.9 Å². The highest BCUT2D eigenvalue weighted by Gasteiger charge is 2.16. The topological polar surface area (TPSA) is 56.2 Å². The Bertz CT molecular complexity index is 345. The number of nitrogens with one attached hydrogen (secondary N) is 1. The van der Waals surface area contributed by atoms with Gasteiger partial charge in [0.15, 0.2) is 0 Å². The standard InChI is InChI=1S/C10H16ClN3O2/c1-7-8(11)6-14(13-7)5-4-9(12-2)10(15)16-3/h6,9,12H,4-5H2,1-3H3. The summed E-state index contributed by atoms with van der Waals surface area (Å²) in [5.74, 6) is -0.266. The lowest BCUT2D eigenvalue weighted by molar-refractivity contribution is -0.143. The van der Waals surface area contributed by atoms with E-state index >= 15 is 0 Å².